The molecule has 0 amide bonds. The molecule has 102 valence electrons. The van der Waals surface area contributed by atoms with Crippen LogP contribution in [0.15, 0.2) is 0 Å². The highest BCUT2D eigenvalue weighted by molar-refractivity contribution is 5.13. The van der Waals surface area contributed by atoms with Crippen LogP contribution in [0.3, 0.4) is 0 Å². The zero-order valence-corrected chi connectivity index (χ0v) is 12.1. The summed E-state index contributed by atoms with van der Waals surface area (Å²) in [5.74, 6) is 1.62. The molecular weight excluding hydrogens is 222 g/mol. The third kappa shape index (κ3) is 2.70. The van der Waals surface area contributed by atoms with Gasteiger partial charge in [0.15, 0.2) is 0 Å². The van der Waals surface area contributed by atoms with Crippen molar-refractivity contribution < 1.29 is 0 Å². The van der Waals surface area contributed by atoms with Crippen molar-refractivity contribution in [3.8, 4) is 6.07 Å². The molecular formula is C15H27N3. The highest BCUT2D eigenvalue weighted by atomic mass is 15.2. The van der Waals surface area contributed by atoms with Crippen molar-refractivity contribution in [1.82, 2.24) is 10.2 Å². The van der Waals surface area contributed by atoms with Crippen LogP contribution in [0.5, 0.6) is 0 Å². The molecule has 18 heavy (non-hydrogen) atoms. The lowest BCUT2D eigenvalue weighted by Crippen LogP contribution is -2.44. The SMILES string of the molecule is CCCNC1(C#N)CCC(N2CC(C)C(C)C2)C1. The number of likely N-dealkylation sites (tertiary alicyclic amines) is 1. The van der Waals surface area contributed by atoms with E-state index in [0.29, 0.717) is 6.04 Å². The third-order valence-electron chi connectivity index (χ3n) is 4.95. The van der Waals surface area contributed by atoms with E-state index < -0.39 is 0 Å². The molecule has 0 aromatic rings. The summed E-state index contributed by atoms with van der Waals surface area (Å²) >= 11 is 0. The average molecular weight is 249 g/mol. The van der Waals surface area contributed by atoms with E-state index >= 15 is 0 Å². The second-order valence-corrected chi connectivity index (χ2v) is 6.43. The Morgan fingerprint density at radius 2 is 2.00 bits per heavy atom. The number of hydrogen-bond acceptors (Lipinski definition) is 3. The molecule has 1 saturated carbocycles. The van der Waals surface area contributed by atoms with E-state index in [2.05, 4.69) is 37.1 Å². The van der Waals surface area contributed by atoms with Crippen LogP contribution in [-0.4, -0.2) is 36.1 Å². The number of hydrogen-bond donors (Lipinski definition) is 1. The van der Waals surface area contributed by atoms with Crippen molar-refractivity contribution >= 4 is 0 Å². The summed E-state index contributed by atoms with van der Waals surface area (Å²) in [5, 5.41) is 13.0. The average Bonchev–Trinajstić information content (AvgIpc) is 2.93. The monoisotopic (exact) mass is 249 g/mol. The Bertz CT molecular complexity index is 312. The lowest BCUT2D eigenvalue weighted by Gasteiger charge is -2.27. The molecule has 1 aliphatic carbocycles. The van der Waals surface area contributed by atoms with Gasteiger partial charge in [-0.15, -0.1) is 0 Å². The summed E-state index contributed by atoms with van der Waals surface area (Å²) in [6.07, 6.45) is 4.33. The Balaban J connectivity index is 1.93. The first-order valence-corrected chi connectivity index (χ1v) is 7.50. The molecule has 0 spiro atoms. The van der Waals surface area contributed by atoms with Crippen molar-refractivity contribution in [2.45, 2.75) is 58.0 Å². The summed E-state index contributed by atoms with van der Waals surface area (Å²) in [6.45, 7) is 10.3. The molecule has 2 fully saturated rings. The van der Waals surface area contributed by atoms with Crippen molar-refractivity contribution in [1.29, 1.82) is 5.26 Å². The van der Waals surface area contributed by atoms with Crippen LogP contribution in [0, 0.1) is 23.2 Å². The van der Waals surface area contributed by atoms with Gasteiger partial charge in [-0.05, 0) is 44.1 Å². The molecule has 0 radical (unpaired) electrons. The zero-order chi connectivity index (χ0) is 13.2. The molecule has 3 nitrogen and oxygen atoms in total. The zero-order valence-electron chi connectivity index (χ0n) is 12.1. The Kier molecular flexibility index (Phi) is 4.29. The molecule has 1 heterocycles. The minimum atomic E-state index is -0.240. The molecule has 1 N–H and O–H groups in total. The van der Waals surface area contributed by atoms with Gasteiger partial charge in [0.05, 0.1) is 6.07 Å². The maximum absolute atomic E-state index is 9.48. The fraction of sp³-hybridized carbons (Fsp3) is 0.933. The smallest absolute Gasteiger partial charge is 0.108 e. The normalized spacial score (nSPS) is 41.1. The highest BCUT2D eigenvalue weighted by Crippen LogP contribution is 2.36. The van der Waals surface area contributed by atoms with Crippen LogP contribution in [0.4, 0.5) is 0 Å². The first-order chi connectivity index (χ1) is 8.60. The van der Waals surface area contributed by atoms with Crippen LogP contribution < -0.4 is 5.32 Å². The Morgan fingerprint density at radius 3 is 2.56 bits per heavy atom. The van der Waals surface area contributed by atoms with Gasteiger partial charge in [-0.3, -0.25) is 10.2 Å². The van der Waals surface area contributed by atoms with Gasteiger partial charge in [-0.25, -0.2) is 0 Å². The quantitative estimate of drug-likeness (QED) is 0.831. The van der Waals surface area contributed by atoms with Crippen LogP contribution in [0.1, 0.15) is 46.5 Å². The second kappa shape index (κ2) is 5.59. The van der Waals surface area contributed by atoms with Gasteiger partial charge >= 0.3 is 0 Å². The van der Waals surface area contributed by atoms with Crippen LogP contribution in [-0.2, 0) is 0 Å². The Morgan fingerprint density at radius 1 is 1.33 bits per heavy atom. The molecule has 1 aliphatic heterocycles. The summed E-state index contributed by atoms with van der Waals surface area (Å²) in [7, 11) is 0. The van der Waals surface area contributed by atoms with E-state index in [1.165, 1.54) is 19.5 Å². The predicted octanol–water partition coefficient (Wildman–Crippen LogP) is 2.39. The third-order valence-corrected chi connectivity index (χ3v) is 4.95. The van der Waals surface area contributed by atoms with Gasteiger partial charge in [0.2, 0.25) is 0 Å². The number of nitrogens with zero attached hydrogens (tertiary/aromatic N) is 2. The van der Waals surface area contributed by atoms with Gasteiger partial charge in [0.1, 0.15) is 5.54 Å². The minimum Gasteiger partial charge on any atom is -0.300 e. The molecule has 4 atom stereocenters. The molecule has 0 aromatic heterocycles. The maximum Gasteiger partial charge on any atom is 0.108 e. The minimum absolute atomic E-state index is 0.240. The van der Waals surface area contributed by atoms with Crippen LogP contribution >= 0.6 is 0 Å². The van der Waals surface area contributed by atoms with E-state index in [9.17, 15) is 5.26 Å². The predicted molar refractivity (Wildman–Crippen MR) is 74.2 cm³/mol. The Labute approximate surface area is 112 Å². The molecule has 3 heteroatoms. The van der Waals surface area contributed by atoms with E-state index in [-0.39, 0.29) is 5.54 Å². The molecule has 2 aliphatic rings. The summed E-state index contributed by atoms with van der Waals surface area (Å²) < 4.78 is 0. The van der Waals surface area contributed by atoms with E-state index in [1.807, 2.05) is 0 Å². The van der Waals surface area contributed by atoms with Gasteiger partial charge in [-0.1, -0.05) is 20.8 Å². The van der Waals surface area contributed by atoms with E-state index in [1.54, 1.807) is 0 Å². The lowest BCUT2D eigenvalue weighted by atomic mass is 9.99. The summed E-state index contributed by atoms with van der Waals surface area (Å²) in [6, 6.07) is 3.18. The fourth-order valence-corrected chi connectivity index (χ4v) is 3.47. The van der Waals surface area contributed by atoms with Gasteiger partial charge in [0, 0.05) is 19.1 Å². The molecule has 0 aromatic carbocycles. The lowest BCUT2D eigenvalue weighted by molar-refractivity contribution is 0.226. The Hall–Kier alpha value is -0.590. The largest absolute Gasteiger partial charge is 0.300 e. The van der Waals surface area contributed by atoms with E-state index in [0.717, 1.165) is 37.6 Å². The van der Waals surface area contributed by atoms with Crippen molar-refractivity contribution in [2.24, 2.45) is 11.8 Å². The van der Waals surface area contributed by atoms with Crippen molar-refractivity contribution in [3.05, 3.63) is 0 Å². The summed E-state index contributed by atoms with van der Waals surface area (Å²) in [5.41, 5.74) is -0.240. The number of nitriles is 1. The number of nitrogens with one attached hydrogen (secondary N) is 1. The van der Waals surface area contributed by atoms with Gasteiger partial charge in [0.25, 0.3) is 0 Å². The van der Waals surface area contributed by atoms with Gasteiger partial charge < -0.3 is 0 Å². The van der Waals surface area contributed by atoms with Gasteiger partial charge in [-0.2, -0.15) is 5.26 Å². The number of rotatable bonds is 4. The topological polar surface area (TPSA) is 39.1 Å². The highest BCUT2D eigenvalue weighted by Gasteiger charge is 2.43. The molecule has 1 saturated heterocycles. The van der Waals surface area contributed by atoms with Crippen LogP contribution in [0.25, 0.3) is 0 Å². The first kappa shape index (κ1) is 13.8. The molecule has 0 bridgehead atoms. The van der Waals surface area contributed by atoms with Crippen LogP contribution in [0.2, 0.25) is 0 Å². The molecule has 4 unspecified atom stereocenters. The maximum atomic E-state index is 9.48. The standard InChI is InChI=1S/C15H27N3/c1-4-7-17-15(11-16)6-5-14(8-15)18-9-12(2)13(3)10-18/h12-14,17H,4-10H2,1-3H3. The first-order valence-electron chi connectivity index (χ1n) is 7.50. The second-order valence-electron chi connectivity index (χ2n) is 6.43. The molecule has 2 rings (SSSR count). The van der Waals surface area contributed by atoms with E-state index in [4.69, 9.17) is 0 Å². The summed E-state index contributed by atoms with van der Waals surface area (Å²) in [4.78, 5) is 2.63. The van der Waals surface area contributed by atoms with Crippen molar-refractivity contribution in [2.75, 3.05) is 19.6 Å². The van der Waals surface area contributed by atoms with Crippen molar-refractivity contribution in [3.63, 3.8) is 0 Å². The fourth-order valence-electron chi connectivity index (χ4n) is 3.47.